The molecule has 2 unspecified atom stereocenters. The Hall–Kier alpha value is -0.160. The second kappa shape index (κ2) is 4.18. The van der Waals surface area contributed by atoms with E-state index in [9.17, 15) is 0 Å². The van der Waals surface area contributed by atoms with Gasteiger partial charge in [-0.1, -0.05) is 12.8 Å². The second-order valence-electron chi connectivity index (χ2n) is 3.44. The van der Waals surface area contributed by atoms with Crippen molar-refractivity contribution in [1.82, 2.24) is 0 Å². The molecule has 4 N–H and O–H groups in total. The van der Waals surface area contributed by atoms with Crippen molar-refractivity contribution in [3.63, 3.8) is 0 Å². The topological polar surface area (TPSA) is 80.9 Å². The van der Waals surface area contributed by atoms with Crippen molar-refractivity contribution >= 4 is 0 Å². The van der Waals surface area contributed by atoms with Crippen LogP contribution >= 0.6 is 0 Å². The first-order valence-corrected chi connectivity index (χ1v) is 4.35. The average Bonchev–Trinajstić information content (AvgIpc) is 2.04. The van der Waals surface area contributed by atoms with Crippen LogP contribution in [-0.2, 0) is 0 Å². The molecular formula is C8H16O4. The van der Waals surface area contributed by atoms with E-state index < -0.39 is 12.6 Å². The summed E-state index contributed by atoms with van der Waals surface area (Å²) in [7, 11) is 0. The van der Waals surface area contributed by atoms with Gasteiger partial charge in [-0.3, -0.25) is 0 Å². The van der Waals surface area contributed by atoms with Crippen molar-refractivity contribution < 1.29 is 20.4 Å². The van der Waals surface area contributed by atoms with Gasteiger partial charge in [-0.05, 0) is 12.8 Å². The molecule has 0 radical (unpaired) electrons. The summed E-state index contributed by atoms with van der Waals surface area (Å²) in [5, 5.41) is 35.7. The van der Waals surface area contributed by atoms with Crippen LogP contribution in [-0.4, -0.2) is 33.0 Å². The van der Waals surface area contributed by atoms with Crippen molar-refractivity contribution in [2.45, 2.75) is 38.3 Å². The van der Waals surface area contributed by atoms with Gasteiger partial charge in [0.05, 0.1) is 0 Å². The number of hydrogen-bond acceptors (Lipinski definition) is 4. The van der Waals surface area contributed by atoms with Crippen LogP contribution in [0.2, 0.25) is 0 Å². The molecule has 0 heterocycles. The standard InChI is InChI=1S/C8H16O4/c9-7(10)5-3-1-2-4-6(5)8(11)12/h5-12H,1-4H2. The number of rotatable bonds is 2. The molecule has 2 atom stereocenters. The maximum Gasteiger partial charge on any atom is 0.154 e. The van der Waals surface area contributed by atoms with Crippen LogP contribution in [0.25, 0.3) is 0 Å². The van der Waals surface area contributed by atoms with E-state index in [1.807, 2.05) is 0 Å². The highest BCUT2D eigenvalue weighted by Crippen LogP contribution is 2.33. The molecule has 0 amide bonds. The van der Waals surface area contributed by atoms with Gasteiger partial charge in [0, 0.05) is 11.8 Å². The van der Waals surface area contributed by atoms with Gasteiger partial charge in [0.25, 0.3) is 0 Å². The Kier molecular flexibility index (Phi) is 3.46. The van der Waals surface area contributed by atoms with E-state index in [-0.39, 0.29) is 11.8 Å². The Balaban J connectivity index is 2.54. The van der Waals surface area contributed by atoms with Gasteiger partial charge >= 0.3 is 0 Å². The summed E-state index contributed by atoms with van der Waals surface area (Å²) in [5.41, 5.74) is 0. The normalized spacial score (nSPS) is 31.5. The van der Waals surface area contributed by atoms with E-state index >= 15 is 0 Å². The molecule has 72 valence electrons. The number of hydrogen-bond donors (Lipinski definition) is 4. The smallest absolute Gasteiger partial charge is 0.154 e. The van der Waals surface area contributed by atoms with Crippen LogP contribution in [0.4, 0.5) is 0 Å². The fraction of sp³-hybridized carbons (Fsp3) is 1.00. The Bertz CT molecular complexity index is 119. The maximum atomic E-state index is 8.93. The molecule has 1 saturated carbocycles. The second-order valence-corrected chi connectivity index (χ2v) is 3.44. The molecular weight excluding hydrogens is 160 g/mol. The minimum atomic E-state index is -1.42. The molecule has 1 rings (SSSR count). The predicted octanol–water partition coefficient (Wildman–Crippen LogP) is -0.586. The largest absolute Gasteiger partial charge is 0.368 e. The minimum Gasteiger partial charge on any atom is -0.368 e. The fourth-order valence-electron chi connectivity index (χ4n) is 1.93. The highest BCUT2D eigenvalue weighted by atomic mass is 16.5. The first kappa shape index (κ1) is 9.92. The van der Waals surface area contributed by atoms with E-state index in [1.54, 1.807) is 0 Å². The predicted molar refractivity (Wildman–Crippen MR) is 41.9 cm³/mol. The third kappa shape index (κ3) is 2.17. The third-order valence-electron chi connectivity index (χ3n) is 2.64. The van der Waals surface area contributed by atoms with Gasteiger partial charge in [-0.25, -0.2) is 0 Å². The molecule has 4 nitrogen and oxygen atoms in total. The van der Waals surface area contributed by atoms with E-state index in [0.29, 0.717) is 12.8 Å². The lowest BCUT2D eigenvalue weighted by molar-refractivity contribution is -0.170. The van der Waals surface area contributed by atoms with Crippen molar-refractivity contribution in [3.8, 4) is 0 Å². The molecule has 0 saturated heterocycles. The molecule has 0 aliphatic heterocycles. The van der Waals surface area contributed by atoms with Crippen LogP contribution in [0.5, 0.6) is 0 Å². The van der Waals surface area contributed by atoms with Crippen LogP contribution in [0.3, 0.4) is 0 Å². The molecule has 0 aromatic carbocycles. The highest BCUT2D eigenvalue weighted by molar-refractivity contribution is 4.77. The van der Waals surface area contributed by atoms with Crippen LogP contribution in [0, 0.1) is 11.8 Å². The van der Waals surface area contributed by atoms with Crippen molar-refractivity contribution in [1.29, 1.82) is 0 Å². The third-order valence-corrected chi connectivity index (χ3v) is 2.64. The molecule has 0 aromatic rings. The minimum absolute atomic E-state index is 0.376. The molecule has 1 fully saturated rings. The quantitative estimate of drug-likeness (QED) is 0.424. The summed E-state index contributed by atoms with van der Waals surface area (Å²) in [5.74, 6) is -0.752. The van der Waals surface area contributed by atoms with Crippen molar-refractivity contribution in [3.05, 3.63) is 0 Å². The summed E-state index contributed by atoms with van der Waals surface area (Å²) in [6.07, 6.45) is 0.367. The first-order valence-electron chi connectivity index (χ1n) is 4.35. The van der Waals surface area contributed by atoms with Gasteiger partial charge in [0.15, 0.2) is 12.6 Å². The van der Waals surface area contributed by atoms with Gasteiger partial charge in [-0.2, -0.15) is 0 Å². The summed E-state index contributed by atoms with van der Waals surface area (Å²) in [4.78, 5) is 0. The zero-order valence-electron chi connectivity index (χ0n) is 6.93. The van der Waals surface area contributed by atoms with Gasteiger partial charge in [0.1, 0.15) is 0 Å². The summed E-state index contributed by atoms with van der Waals surface area (Å²) in [6, 6.07) is 0. The van der Waals surface area contributed by atoms with Gasteiger partial charge in [-0.15, -0.1) is 0 Å². The molecule has 4 heteroatoms. The van der Waals surface area contributed by atoms with Crippen molar-refractivity contribution in [2.24, 2.45) is 11.8 Å². The number of aliphatic hydroxyl groups excluding tert-OH is 2. The zero-order valence-corrected chi connectivity index (χ0v) is 6.93. The summed E-state index contributed by atoms with van der Waals surface area (Å²) >= 11 is 0. The molecule has 1 aliphatic carbocycles. The lowest BCUT2D eigenvalue weighted by atomic mass is 9.78. The van der Waals surface area contributed by atoms with Gasteiger partial charge < -0.3 is 20.4 Å². The van der Waals surface area contributed by atoms with E-state index in [0.717, 1.165) is 12.8 Å². The SMILES string of the molecule is OC(O)C1CCCCC1C(O)O. The lowest BCUT2D eigenvalue weighted by Crippen LogP contribution is -2.37. The Morgan fingerprint density at radius 3 is 1.33 bits per heavy atom. The Morgan fingerprint density at radius 1 is 0.750 bits per heavy atom. The Labute approximate surface area is 71.5 Å². The highest BCUT2D eigenvalue weighted by Gasteiger charge is 2.33. The van der Waals surface area contributed by atoms with Crippen LogP contribution < -0.4 is 0 Å². The molecule has 0 spiro atoms. The van der Waals surface area contributed by atoms with E-state index in [2.05, 4.69) is 0 Å². The van der Waals surface area contributed by atoms with Crippen LogP contribution in [0.1, 0.15) is 25.7 Å². The number of aliphatic hydroxyl groups is 4. The summed E-state index contributed by atoms with van der Waals surface area (Å²) in [6.45, 7) is 0. The fourth-order valence-corrected chi connectivity index (χ4v) is 1.93. The maximum absolute atomic E-state index is 8.93. The van der Waals surface area contributed by atoms with E-state index in [1.165, 1.54) is 0 Å². The Morgan fingerprint density at radius 2 is 1.08 bits per heavy atom. The zero-order chi connectivity index (χ0) is 9.14. The molecule has 0 aromatic heterocycles. The van der Waals surface area contributed by atoms with Crippen molar-refractivity contribution in [2.75, 3.05) is 0 Å². The monoisotopic (exact) mass is 176 g/mol. The van der Waals surface area contributed by atoms with Crippen LogP contribution in [0.15, 0.2) is 0 Å². The first-order chi connectivity index (χ1) is 5.63. The van der Waals surface area contributed by atoms with Gasteiger partial charge in [0.2, 0.25) is 0 Å². The molecule has 12 heavy (non-hydrogen) atoms. The average molecular weight is 176 g/mol. The molecule has 0 bridgehead atoms. The molecule has 1 aliphatic rings. The lowest BCUT2D eigenvalue weighted by Gasteiger charge is -2.33. The summed E-state index contributed by atoms with van der Waals surface area (Å²) < 4.78 is 0. The van der Waals surface area contributed by atoms with E-state index in [4.69, 9.17) is 20.4 Å².